The molecule has 0 unspecified atom stereocenters. The molecule has 20 heavy (non-hydrogen) atoms. The van der Waals surface area contributed by atoms with Crippen LogP contribution in [0.25, 0.3) is 6.08 Å². The number of carbonyl (C=O) groups is 1. The lowest BCUT2D eigenvalue weighted by Crippen LogP contribution is -2.27. The summed E-state index contributed by atoms with van der Waals surface area (Å²) in [6.45, 7) is 5.25. The molecule has 1 aromatic carbocycles. The fraction of sp³-hybridized carbons (Fsp3) is 0.308. The van der Waals surface area contributed by atoms with E-state index in [1.807, 2.05) is 0 Å². The number of carbonyl (C=O) groups excluding carboxylic acids is 1. The van der Waals surface area contributed by atoms with Crippen molar-refractivity contribution in [2.45, 2.75) is 26.4 Å². The summed E-state index contributed by atoms with van der Waals surface area (Å²) in [6.07, 6.45) is 1.49. The number of nitro groups is 1. The zero-order valence-corrected chi connectivity index (χ0v) is 12.9. The van der Waals surface area contributed by atoms with Crippen molar-refractivity contribution in [3.8, 4) is 0 Å². The lowest BCUT2D eigenvalue weighted by atomic mass is 10.1. The summed E-state index contributed by atoms with van der Waals surface area (Å²) in [5.74, 6) is 0. The average Bonchev–Trinajstić information content (AvgIpc) is 2.24. The van der Waals surface area contributed by atoms with E-state index in [4.69, 9.17) is 4.74 Å². The Hall–Kier alpha value is -1.89. The van der Waals surface area contributed by atoms with Gasteiger partial charge in [-0.25, -0.2) is 4.79 Å². The molecule has 0 aliphatic heterocycles. The second-order valence-electron chi connectivity index (χ2n) is 4.96. The smallest absolute Gasteiger partial charge is 0.412 e. The molecule has 6 nitrogen and oxygen atoms in total. The van der Waals surface area contributed by atoms with Gasteiger partial charge in [0.25, 0.3) is 0 Å². The molecule has 0 aromatic heterocycles. The number of hydrogen-bond donors (Lipinski definition) is 1. The fourth-order valence-electron chi connectivity index (χ4n) is 1.34. The molecule has 0 saturated heterocycles. The molecule has 0 aliphatic carbocycles. The SMILES string of the molecule is CC(C)(C)OC(=O)Nc1cc(Br)ccc1/C=C/[N+](=O)[O-]. The van der Waals surface area contributed by atoms with Crippen LogP contribution in [0.3, 0.4) is 0 Å². The third kappa shape index (κ3) is 5.83. The first-order valence-electron chi connectivity index (χ1n) is 5.78. The van der Waals surface area contributed by atoms with Crippen LogP contribution in [-0.4, -0.2) is 16.6 Å². The van der Waals surface area contributed by atoms with E-state index in [-0.39, 0.29) is 0 Å². The van der Waals surface area contributed by atoms with Crippen molar-refractivity contribution in [3.63, 3.8) is 0 Å². The largest absolute Gasteiger partial charge is 0.444 e. The molecule has 0 radical (unpaired) electrons. The highest BCUT2D eigenvalue weighted by Crippen LogP contribution is 2.23. The zero-order valence-electron chi connectivity index (χ0n) is 11.3. The standard InChI is InChI=1S/C13H15BrN2O4/c1-13(2,3)20-12(17)15-11-8-10(14)5-4-9(11)6-7-16(18)19/h4-8H,1-3H3,(H,15,17)/b7-6+. The van der Waals surface area contributed by atoms with Crippen LogP contribution in [0.2, 0.25) is 0 Å². The number of ether oxygens (including phenoxy) is 1. The normalized spacial score (nSPS) is 11.4. The van der Waals surface area contributed by atoms with Crippen LogP contribution >= 0.6 is 15.9 Å². The van der Waals surface area contributed by atoms with Gasteiger partial charge >= 0.3 is 6.09 Å². The summed E-state index contributed by atoms with van der Waals surface area (Å²) < 4.78 is 5.88. The van der Waals surface area contributed by atoms with Gasteiger partial charge in [0, 0.05) is 16.1 Å². The highest BCUT2D eigenvalue weighted by molar-refractivity contribution is 9.10. The minimum atomic E-state index is -0.619. The Morgan fingerprint density at radius 1 is 1.45 bits per heavy atom. The van der Waals surface area contributed by atoms with Crippen molar-refractivity contribution < 1.29 is 14.5 Å². The van der Waals surface area contributed by atoms with Gasteiger partial charge in [-0.1, -0.05) is 22.0 Å². The number of amides is 1. The molecule has 0 fully saturated rings. The number of rotatable bonds is 3. The maximum absolute atomic E-state index is 11.7. The second kappa shape index (κ2) is 6.51. The topological polar surface area (TPSA) is 81.5 Å². The molecule has 0 aliphatic rings. The molecule has 1 rings (SSSR count). The van der Waals surface area contributed by atoms with Crippen LogP contribution in [0.5, 0.6) is 0 Å². The highest BCUT2D eigenvalue weighted by Gasteiger charge is 2.17. The van der Waals surface area contributed by atoms with Gasteiger partial charge in [0.2, 0.25) is 6.20 Å². The fourth-order valence-corrected chi connectivity index (χ4v) is 1.70. The number of nitrogens with zero attached hydrogens (tertiary/aromatic N) is 1. The van der Waals surface area contributed by atoms with E-state index in [1.54, 1.807) is 39.0 Å². The number of nitrogens with one attached hydrogen (secondary N) is 1. The Balaban J connectivity index is 2.95. The minimum Gasteiger partial charge on any atom is -0.444 e. The van der Waals surface area contributed by atoms with E-state index in [0.29, 0.717) is 11.3 Å². The van der Waals surface area contributed by atoms with E-state index in [2.05, 4.69) is 21.2 Å². The average molecular weight is 343 g/mol. The van der Waals surface area contributed by atoms with Gasteiger partial charge in [-0.05, 0) is 32.9 Å². The number of hydrogen-bond acceptors (Lipinski definition) is 4. The third-order valence-electron chi connectivity index (χ3n) is 2.03. The van der Waals surface area contributed by atoms with Gasteiger partial charge in [0.1, 0.15) is 5.60 Å². The Kier molecular flexibility index (Phi) is 5.26. The van der Waals surface area contributed by atoms with Crippen LogP contribution in [0.15, 0.2) is 28.9 Å². The molecule has 0 saturated carbocycles. The van der Waals surface area contributed by atoms with Gasteiger partial charge in [-0.3, -0.25) is 15.4 Å². The summed E-state index contributed by atoms with van der Waals surface area (Å²) in [4.78, 5) is 21.5. The van der Waals surface area contributed by atoms with Crippen LogP contribution < -0.4 is 5.32 Å². The number of benzene rings is 1. The first kappa shape index (κ1) is 16.2. The zero-order chi connectivity index (χ0) is 15.3. The molecular formula is C13H15BrN2O4. The molecule has 7 heteroatoms. The quantitative estimate of drug-likeness (QED) is 0.663. The molecule has 0 bridgehead atoms. The first-order valence-corrected chi connectivity index (χ1v) is 6.58. The molecular weight excluding hydrogens is 328 g/mol. The van der Waals surface area contributed by atoms with Crippen LogP contribution in [0.1, 0.15) is 26.3 Å². The molecule has 0 atom stereocenters. The first-order chi connectivity index (χ1) is 9.17. The Morgan fingerprint density at radius 2 is 2.10 bits per heavy atom. The van der Waals surface area contributed by atoms with Crippen molar-refractivity contribution in [1.29, 1.82) is 0 Å². The van der Waals surface area contributed by atoms with Crippen molar-refractivity contribution in [3.05, 3.63) is 44.5 Å². The van der Waals surface area contributed by atoms with Gasteiger partial charge in [0.05, 0.1) is 10.6 Å². The summed E-state index contributed by atoms with van der Waals surface area (Å²) in [5.41, 5.74) is 0.315. The Bertz CT molecular complexity index is 550. The van der Waals surface area contributed by atoms with E-state index >= 15 is 0 Å². The maximum atomic E-state index is 11.7. The summed E-state index contributed by atoms with van der Waals surface area (Å²) in [5, 5.41) is 12.9. The van der Waals surface area contributed by atoms with E-state index in [1.165, 1.54) is 6.08 Å². The van der Waals surface area contributed by atoms with Gasteiger partial charge in [0.15, 0.2) is 0 Å². The number of anilines is 1. The minimum absolute atomic E-state index is 0.423. The third-order valence-corrected chi connectivity index (χ3v) is 2.52. The maximum Gasteiger partial charge on any atom is 0.412 e. The molecule has 1 aromatic rings. The molecule has 0 spiro atoms. The van der Waals surface area contributed by atoms with E-state index in [9.17, 15) is 14.9 Å². The highest BCUT2D eigenvalue weighted by atomic mass is 79.9. The van der Waals surface area contributed by atoms with Crippen LogP contribution in [0.4, 0.5) is 10.5 Å². The lowest BCUT2D eigenvalue weighted by Gasteiger charge is -2.20. The van der Waals surface area contributed by atoms with Gasteiger partial charge in [-0.2, -0.15) is 0 Å². The summed E-state index contributed by atoms with van der Waals surface area (Å²) in [7, 11) is 0. The molecule has 0 heterocycles. The second-order valence-corrected chi connectivity index (χ2v) is 5.88. The summed E-state index contributed by atoms with van der Waals surface area (Å²) in [6, 6.07) is 5.01. The van der Waals surface area contributed by atoms with Crippen molar-refractivity contribution in [2.75, 3.05) is 5.32 Å². The van der Waals surface area contributed by atoms with Gasteiger partial charge in [-0.15, -0.1) is 0 Å². The van der Waals surface area contributed by atoms with Crippen molar-refractivity contribution in [1.82, 2.24) is 0 Å². The monoisotopic (exact) mass is 342 g/mol. The number of halogens is 1. The van der Waals surface area contributed by atoms with Gasteiger partial charge < -0.3 is 4.74 Å². The molecule has 108 valence electrons. The Labute approximate surface area is 125 Å². The molecule has 1 N–H and O–H groups in total. The lowest BCUT2D eigenvalue weighted by molar-refractivity contribution is -0.400. The van der Waals surface area contributed by atoms with E-state index in [0.717, 1.165) is 10.7 Å². The summed E-state index contributed by atoms with van der Waals surface area (Å²) >= 11 is 3.28. The Morgan fingerprint density at radius 3 is 2.65 bits per heavy atom. The van der Waals surface area contributed by atoms with E-state index < -0.39 is 16.6 Å². The van der Waals surface area contributed by atoms with Crippen molar-refractivity contribution >= 4 is 33.8 Å². The van der Waals surface area contributed by atoms with Crippen LogP contribution in [0, 0.1) is 10.1 Å². The van der Waals surface area contributed by atoms with Crippen molar-refractivity contribution in [2.24, 2.45) is 0 Å². The predicted octanol–water partition coefficient (Wildman–Crippen LogP) is 4.04. The van der Waals surface area contributed by atoms with Crippen LogP contribution in [-0.2, 0) is 4.74 Å². The molecule has 1 amide bonds. The predicted molar refractivity (Wildman–Crippen MR) is 80.0 cm³/mol.